The molecule has 0 atom stereocenters. The average molecular weight is 472 g/mol. The number of fused-ring (bicyclic) bond motifs is 1. The summed E-state index contributed by atoms with van der Waals surface area (Å²) in [6.45, 7) is 0.661. The maximum atomic E-state index is 13.0. The van der Waals surface area contributed by atoms with Gasteiger partial charge in [-0.25, -0.2) is 9.97 Å². The standard InChI is InChI=1S/C27H19F3N4O/c28-27(29,30)21-10-4-9-20(14-21)26(35)33-22-11-5-8-19(15-22)24-23-12-13-34(25(23)32-17-31-24)16-18-6-2-1-3-7-18/h1-15,17H,16H2,(H,33,35). The second-order valence-electron chi connectivity index (χ2n) is 8.00. The van der Waals surface area contributed by atoms with E-state index >= 15 is 0 Å². The molecule has 5 aromatic rings. The van der Waals surface area contributed by atoms with Crippen molar-refractivity contribution in [1.82, 2.24) is 14.5 Å². The van der Waals surface area contributed by atoms with Crippen LogP contribution in [0.5, 0.6) is 0 Å². The van der Waals surface area contributed by atoms with Crippen LogP contribution in [0.4, 0.5) is 18.9 Å². The number of carbonyl (C=O) groups excluding carboxylic acids is 1. The first-order valence-electron chi connectivity index (χ1n) is 10.8. The van der Waals surface area contributed by atoms with Crippen LogP contribution in [0.25, 0.3) is 22.3 Å². The number of rotatable bonds is 5. The molecule has 0 saturated heterocycles. The summed E-state index contributed by atoms with van der Waals surface area (Å²) in [7, 11) is 0. The number of benzene rings is 3. The van der Waals surface area contributed by atoms with Crippen LogP contribution in [0.3, 0.4) is 0 Å². The molecule has 8 heteroatoms. The van der Waals surface area contributed by atoms with Gasteiger partial charge in [0.25, 0.3) is 5.91 Å². The van der Waals surface area contributed by atoms with E-state index in [0.717, 1.165) is 34.3 Å². The highest BCUT2D eigenvalue weighted by Gasteiger charge is 2.30. The number of aromatic nitrogens is 3. The Morgan fingerprint density at radius 3 is 2.49 bits per heavy atom. The third-order valence-corrected chi connectivity index (χ3v) is 5.60. The lowest BCUT2D eigenvalue weighted by Crippen LogP contribution is -2.14. The molecule has 174 valence electrons. The van der Waals surface area contributed by atoms with Gasteiger partial charge in [0.1, 0.15) is 12.0 Å². The first-order chi connectivity index (χ1) is 16.9. The highest BCUT2D eigenvalue weighted by atomic mass is 19.4. The van der Waals surface area contributed by atoms with Crippen LogP contribution in [0, 0.1) is 0 Å². The third kappa shape index (κ3) is 4.77. The lowest BCUT2D eigenvalue weighted by molar-refractivity contribution is -0.137. The average Bonchev–Trinajstić information content (AvgIpc) is 3.27. The van der Waals surface area contributed by atoms with E-state index in [1.54, 1.807) is 18.2 Å². The Labute approximate surface area is 198 Å². The van der Waals surface area contributed by atoms with Gasteiger partial charge in [0, 0.05) is 34.9 Å². The van der Waals surface area contributed by atoms with E-state index in [-0.39, 0.29) is 5.56 Å². The first-order valence-corrected chi connectivity index (χ1v) is 10.8. The molecular formula is C27H19F3N4O. The largest absolute Gasteiger partial charge is 0.416 e. The normalized spacial score (nSPS) is 11.5. The molecule has 0 spiro atoms. The molecule has 0 unspecified atom stereocenters. The van der Waals surface area contributed by atoms with Gasteiger partial charge in [-0.05, 0) is 42.0 Å². The molecule has 5 nitrogen and oxygen atoms in total. The molecule has 0 fully saturated rings. The number of halogens is 3. The van der Waals surface area contributed by atoms with Gasteiger partial charge in [-0.15, -0.1) is 0 Å². The zero-order valence-electron chi connectivity index (χ0n) is 18.3. The Morgan fingerprint density at radius 2 is 1.69 bits per heavy atom. The van der Waals surface area contributed by atoms with Crippen LogP contribution in [0.2, 0.25) is 0 Å². The summed E-state index contributed by atoms with van der Waals surface area (Å²) in [6.07, 6.45) is -1.08. The maximum Gasteiger partial charge on any atom is 0.416 e. The number of alkyl halides is 3. The summed E-state index contributed by atoms with van der Waals surface area (Å²) < 4.78 is 41.1. The SMILES string of the molecule is O=C(Nc1cccc(-c2ncnc3c2ccn3Cc2ccccc2)c1)c1cccc(C(F)(F)F)c1. The van der Waals surface area contributed by atoms with Crippen LogP contribution < -0.4 is 5.32 Å². The minimum absolute atomic E-state index is 0.0763. The lowest BCUT2D eigenvalue weighted by Gasteiger charge is -2.10. The molecule has 0 aliphatic rings. The smallest absolute Gasteiger partial charge is 0.328 e. The minimum atomic E-state index is -4.52. The summed E-state index contributed by atoms with van der Waals surface area (Å²) in [4.78, 5) is 21.5. The summed E-state index contributed by atoms with van der Waals surface area (Å²) >= 11 is 0. The molecule has 2 heterocycles. The molecule has 5 rings (SSSR count). The molecule has 3 aromatic carbocycles. The van der Waals surface area contributed by atoms with Gasteiger partial charge < -0.3 is 9.88 Å². The Balaban J connectivity index is 1.42. The number of nitrogens with zero attached hydrogens (tertiary/aromatic N) is 3. The van der Waals surface area contributed by atoms with Crippen LogP contribution in [-0.4, -0.2) is 20.4 Å². The number of nitrogens with one attached hydrogen (secondary N) is 1. The fourth-order valence-corrected chi connectivity index (χ4v) is 3.93. The number of hydrogen-bond acceptors (Lipinski definition) is 3. The fourth-order valence-electron chi connectivity index (χ4n) is 3.93. The quantitative estimate of drug-likeness (QED) is 0.321. The zero-order valence-corrected chi connectivity index (χ0v) is 18.3. The summed E-state index contributed by atoms with van der Waals surface area (Å²) in [6, 6.07) is 23.3. The van der Waals surface area contributed by atoms with Gasteiger partial charge >= 0.3 is 6.18 Å². The fraction of sp³-hybridized carbons (Fsp3) is 0.0741. The number of amides is 1. The van der Waals surface area contributed by atoms with E-state index < -0.39 is 17.6 Å². The minimum Gasteiger partial charge on any atom is -0.328 e. The molecular weight excluding hydrogens is 453 g/mol. The topological polar surface area (TPSA) is 59.8 Å². The van der Waals surface area contributed by atoms with Crippen molar-refractivity contribution in [3.63, 3.8) is 0 Å². The van der Waals surface area contributed by atoms with E-state index in [2.05, 4.69) is 15.3 Å². The van der Waals surface area contributed by atoms with Gasteiger partial charge in [0.2, 0.25) is 0 Å². The van der Waals surface area contributed by atoms with Crippen molar-refractivity contribution in [2.24, 2.45) is 0 Å². The number of carbonyl (C=O) groups is 1. The van der Waals surface area contributed by atoms with Crippen LogP contribution in [0.1, 0.15) is 21.5 Å². The predicted molar refractivity (Wildman–Crippen MR) is 128 cm³/mol. The summed E-state index contributed by atoms with van der Waals surface area (Å²) in [5.74, 6) is -0.630. The zero-order chi connectivity index (χ0) is 24.4. The van der Waals surface area contributed by atoms with Crippen molar-refractivity contribution >= 4 is 22.6 Å². The highest BCUT2D eigenvalue weighted by molar-refractivity contribution is 6.04. The molecule has 0 aliphatic carbocycles. The van der Waals surface area contributed by atoms with Gasteiger partial charge in [0.05, 0.1) is 11.3 Å². The molecule has 0 saturated carbocycles. The molecule has 1 N–H and O–H groups in total. The van der Waals surface area contributed by atoms with Crippen LogP contribution in [-0.2, 0) is 12.7 Å². The molecule has 1 amide bonds. The van der Waals surface area contributed by atoms with Crippen molar-refractivity contribution in [1.29, 1.82) is 0 Å². The number of hydrogen-bond donors (Lipinski definition) is 1. The highest BCUT2D eigenvalue weighted by Crippen LogP contribution is 2.31. The summed E-state index contributed by atoms with van der Waals surface area (Å²) in [5.41, 5.74) is 2.85. The molecule has 0 bridgehead atoms. The van der Waals surface area contributed by atoms with Gasteiger partial charge in [0.15, 0.2) is 0 Å². The van der Waals surface area contributed by atoms with Crippen LogP contribution in [0.15, 0.2) is 97.5 Å². The van der Waals surface area contributed by atoms with Crippen molar-refractivity contribution in [2.75, 3.05) is 5.32 Å². The van der Waals surface area contributed by atoms with Crippen molar-refractivity contribution < 1.29 is 18.0 Å². The van der Waals surface area contributed by atoms with Crippen molar-refractivity contribution in [2.45, 2.75) is 12.7 Å². The molecule has 0 radical (unpaired) electrons. The van der Waals surface area contributed by atoms with Crippen molar-refractivity contribution in [3.05, 3.63) is 114 Å². The molecule has 35 heavy (non-hydrogen) atoms. The van der Waals surface area contributed by atoms with E-state index in [1.807, 2.05) is 53.2 Å². The monoisotopic (exact) mass is 472 g/mol. The van der Waals surface area contributed by atoms with E-state index in [4.69, 9.17) is 0 Å². The van der Waals surface area contributed by atoms with Gasteiger partial charge in [-0.1, -0.05) is 48.5 Å². The van der Waals surface area contributed by atoms with Crippen molar-refractivity contribution in [3.8, 4) is 11.3 Å². The Morgan fingerprint density at radius 1 is 0.886 bits per heavy atom. The second-order valence-corrected chi connectivity index (χ2v) is 8.00. The Kier molecular flexibility index (Phi) is 5.78. The maximum absolute atomic E-state index is 13.0. The number of anilines is 1. The van der Waals surface area contributed by atoms with E-state index in [0.29, 0.717) is 17.9 Å². The Bertz CT molecular complexity index is 1510. The van der Waals surface area contributed by atoms with Gasteiger partial charge in [-0.3, -0.25) is 4.79 Å². The molecule has 0 aliphatic heterocycles. The Hall–Kier alpha value is -4.46. The van der Waals surface area contributed by atoms with Crippen LogP contribution >= 0.6 is 0 Å². The first kappa shape index (κ1) is 22.3. The predicted octanol–water partition coefficient (Wildman–Crippen LogP) is 6.42. The summed E-state index contributed by atoms with van der Waals surface area (Å²) in [5, 5.41) is 3.53. The van der Waals surface area contributed by atoms with E-state index in [1.165, 1.54) is 18.5 Å². The lowest BCUT2D eigenvalue weighted by atomic mass is 10.1. The third-order valence-electron chi connectivity index (χ3n) is 5.60. The second kappa shape index (κ2) is 9.06. The van der Waals surface area contributed by atoms with Gasteiger partial charge in [-0.2, -0.15) is 13.2 Å². The molecule has 2 aromatic heterocycles. The van der Waals surface area contributed by atoms with E-state index in [9.17, 15) is 18.0 Å².